The van der Waals surface area contributed by atoms with Crippen molar-refractivity contribution in [2.75, 3.05) is 13.1 Å². The Morgan fingerprint density at radius 3 is 2.57 bits per heavy atom. The van der Waals surface area contributed by atoms with E-state index in [-0.39, 0.29) is 17.7 Å². The molecule has 0 saturated carbocycles. The molecule has 23 heavy (non-hydrogen) atoms. The molecule has 1 aliphatic rings. The van der Waals surface area contributed by atoms with Crippen molar-refractivity contribution in [2.45, 2.75) is 71.3 Å². The number of carboxylic acid groups (broad SMARTS) is 1. The summed E-state index contributed by atoms with van der Waals surface area (Å²) >= 11 is 0. The molecular weight excluding hydrogens is 296 g/mol. The smallest absolute Gasteiger partial charge is 0.326 e. The van der Waals surface area contributed by atoms with E-state index in [2.05, 4.69) is 12.2 Å². The van der Waals surface area contributed by atoms with E-state index in [4.69, 9.17) is 0 Å². The van der Waals surface area contributed by atoms with Gasteiger partial charge in [-0.3, -0.25) is 9.59 Å². The van der Waals surface area contributed by atoms with Crippen molar-refractivity contribution in [1.82, 2.24) is 10.2 Å². The fourth-order valence-electron chi connectivity index (χ4n) is 2.94. The molecule has 132 valence electrons. The predicted octanol–water partition coefficient (Wildman–Crippen LogP) is 2.17. The van der Waals surface area contributed by atoms with Gasteiger partial charge in [-0.05, 0) is 25.7 Å². The molecule has 1 rings (SSSR count). The van der Waals surface area contributed by atoms with Crippen molar-refractivity contribution < 1.29 is 19.5 Å². The predicted molar refractivity (Wildman–Crippen MR) is 87.9 cm³/mol. The average molecular weight is 326 g/mol. The summed E-state index contributed by atoms with van der Waals surface area (Å²) in [5.74, 6) is -1.42. The third kappa shape index (κ3) is 6.59. The molecule has 1 aliphatic heterocycles. The highest BCUT2D eigenvalue weighted by molar-refractivity contribution is 5.86. The zero-order valence-corrected chi connectivity index (χ0v) is 14.3. The van der Waals surface area contributed by atoms with Crippen LogP contribution in [0, 0.1) is 5.92 Å². The van der Waals surface area contributed by atoms with Gasteiger partial charge >= 0.3 is 5.97 Å². The Bertz CT molecular complexity index is 411. The minimum Gasteiger partial charge on any atom is -0.480 e. The summed E-state index contributed by atoms with van der Waals surface area (Å²) in [5.41, 5.74) is 0. The van der Waals surface area contributed by atoms with Crippen molar-refractivity contribution in [3.8, 4) is 0 Å². The van der Waals surface area contributed by atoms with Gasteiger partial charge in [0, 0.05) is 19.5 Å². The molecule has 2 amide bonds. The van der Waals surface area contributed by atoms with Crippen molar-refractivity contribution in [1.29, 1.82) is 0 Å². The molecule has 6 heteroatoms. The molecule has 1 fully saturated rings. The second kappa shape index (κ2) is 10.2. The van der Waals surface area contributed by atoms with Gasteiger partial charge in [0.05, 0.1) is 5.92 Å². The van der Waals surface area contributed by atoms with Gasteiger partial charge in [-0.25, -0.2) is 4.79 Å². The van der Waals surface area contributed by atoms with E-state index in [0.29, 0.717) is 32.4 Å². The maximum atomic E-state index is 12.4. The van der Waals surface area contributed by atoms with Gasteiger partial charge in [0.1, 0.15) is 6.04 Å². The topological polar surface area (TPSA) is 86.7 Å². The van der Waals surface area contributed by atoms with Crippen LogP contribution in [0.5, 0.6) is 0 Å². The SMILES string of the molecule is CCCCC[C@@H](NC(=O)[C@H]1CCCN(C(=O)CCC)C1)C(=O)O. The number of aliphatic carboxylic acids is 1. The summed E-state index contributed by atoms with van der Waals surface area (Å²) in [7, 11) is 0. The van der Waals surface area contributed by atoms with Crippen LogP contribution >= 0.6 is 0 Å². The van der Waals surface area contributed by atoms with Gasteiger partial charge in [0.2, 0.25) is 11.8 Å². The van der Waals surface area contributed by atoms with Gasteiger partial charge in [-0.2, -0.15) is 0 Å². The van der Waals surface area contributed by atoms with Crippen molar-refractivity contribution >= 4 is 17.8 Å². The zero-order valence-electron chi connectivity index (χ0n) is 14.3. The number of piperidine rings is 1. The summed E-state index contributed by atoms with van der Waals surface area (Å²) in [6, 6.07) is -0.823. The Hall–Kier alpha value is -1.59. The van der Waals surface area contributed by atoms with E-state index >= 15 is 0 Å². The lowest BCUT2D eigenvalue weighted by Gasteiger charge is -2.32. The molecule has 0 aliphatic carbocycles. The number of carboxylic acids is 1. The normalized spacial score (nSPS) is 19.2. The number of likely N-dealkylation sites (tertiary alicyclic amines) is 1. The highest BCUT2D eigenvalue weighted by atomic mass is 16.4. The second-order valence-electron chi connectivity index (χ2n) is 6.32. The lowest BCUT2D eigenvalue weighted by atomic mass is 9.96. The molecule has 6 nitrogen and oxygen atoms in total. The molecule has 1 saturated heterocycles. The molecule has 0 unspecified atom stereocenters. The summed E-state index contributed by atoms with van der Waals surface area (Å²) in [4.78, 5) is 37.4. The molecule has 2 atom stereocenters. The molecule has 1 heterocycles. The highest BCUT2D eigenvalue weighted by Crippen LogP contribution is 2.18. The zero-order chi connectivity index (χ0) is 17.2. The number of hydrogen-bond acceptors (Lipinski definition) is 3. The molecule has 0 aromatic rings. The lowest BCUT2D eigenvalue weighted by molar-refractivity contribution is -0.144. The molecule has 0 spiro atoms. The quantitative estimate of drug-likeness (QED) is 0.636. The number of carbonyl (C=O) groups excluding carboxylic acids is 2. The second-order valence-corrected chi connectivity index (χ2v) is 6.32. The maximum Gasteiger partial charge on any atom is 0.326 e. The van der Waals surface area contributed by atoms with Gasteiger partial charge in [0.25, 0.3) is 0 Å². The number of unbranched alkanes of at least 4 members (excludes halogenated alkanes) is 2. The fourth-order valence-corrected chi connectivity index (χ4v) is 2.94. The summed E-state index contributed by atoms with van der Waals surface area (Å²) in [5, 5.41) is 11.9. The van der Waals surface area contributed by atoms with Crippen molar-refractivity contribution in [2.24, 2.45) is 5.92 Å². The first-order valence-electron chi connectivity index (χ1n) is 8.80. The van der Waals surface area contributed by atoms with Crippen molar-refractivity contribution in [3.63, 3.8) is 0 Å². The summed E-state index contributed by atoms with van der Waals surface area (Å²) < 4.78 is 0. The minimum absolute atomic E-state index is 0.0859. The largest absolute Gasteiger partial charge is 0.480 e. The Labute approximate surface area is 138 Å². The van der Waals surface area contributed by atoms with E-state index in [9.17, 15) is 19.5 Å². The first-order valence-corrected chi connectivity index (χ1v) is 8.80. The van der Waals surface area contributed by atoms with Gasteiger partial charge in [-0.15, -0.1) is 0 Å². The van der Waals surface area contributed by atoms with Crippen LogP contribution < -0.4 is 5.32 Å². The van der Waals surface area contributed by atoms with E-state index < -0.39 is 12.0 Å². The van der Waals surface area contributed by atoms with E-state index in [1.807, 2.05) is 6.92 Å². The van der Waals surface area contributed by atoms with Crippen LogP contribution in [0.25, 0.3) is 0 Å². The number of amides is 2. The Morgan fingerprint density at radius 1 is 1.22 bits per heavy atom. The van der Waals surface area contributed by atoms with Crippen LogP contribution in [0.3, 0.4) is 0 Å². The number of hydrogen-bond donors (Lipinski definition) is 2. The Kier molecular flexibility index (Phi) is 8.66. The van der Waals surface area contributed by atoms with Crippen LogP contribution in [0.4, 0.5) is 0 Å². The molecule has 0 radical (unpaired) electrons. The first kappa shape index (κ1) is 19.5. The van der Waals surface area contributed by atoms with Gasteiger partial charge in [-0.1, -0.05) is 33.1 Å². The molecule has 0 bridgehead atoms. The Morgan fingerprint density at radius 2 is 1.96 bits per heavy atom. The maximum absolute atomic E-state index is 12.4. The number of nitrogens with zero attached hydrogens (tertiary/aromatic N) is 1. The summed E-state index contributed by atoms with van der Waals surface area (Å²) in [6.07, 6.45) is 6.03. The molecule has 2 N–H and O–H groups in total. The van der Waals surface area contributed by atoms with Crippen molar-refractivity contribution in [3.05, 3.63) is 0 Å². The number of rotatable bonds is 9. The first-order chi connectivity index (χ1) is 11.0. The fraction of sp³-hybridized carbons (Fsp3) is 0.824. The van der Waals surface area contributed by atoms with Gasteiger partial charge < -0.3 is 15.3 Å². The van der Waals surface area contributed by atoms with E-state index in [1.54, 1.807) is 4.90 Å². The van der Waals surface area contributed by atoms with E-state index in [1.165, 1.54) is 0 Å². The van der Waals surface area contributed by atoms with Crippen LogP contribution in [0.1, 0.15) is 65.2 Å². The molecule has 0 aromatic carbocycles. The van der Waals surface area contributed by atoms with Crippen LogP contribution in [0.15, 0.2) is 0 Å². The Balaban J connectivity index is 2.53. The number of nitrogens with one attached hydrogen (secondary N) is 1. The standard InChI is InChI=1S/C17H30N2O4/c1-3-5-6-10-14(17(22)23)18-16(21)13-9-7-11-19(12-13)15(20)8-4-2/h13-14H,3-12H2,1-2H3,(H,18,21)(H,22,23)/t13-,14+/m0/s1. The van der Waals surface area contributed by atoms with Crippen LogP contribution in [-0.4, -0.2) is 46.9 Å². The lowest BCUT2D eigenvalue weighted by Crippen LogP contribution is -2.49. The molecular formula is C17H30N2O4. The van der Waals surface area contributed by atoms with E-state index in [0.717, 1.165) is 32.1 Å². The monoisotopic (exact) mass is 326 g/mol. The third-order valence-electron chi connectivity index (χ3n) is 4.32. The highest BCUT2D eigenvalue weighted by Gasteiger charge is 2.30. The van der Waals surface area contributed by atoms with Crippen LogP contribution in [-0.2, 0) is 14.4 Å². The average Bonchev–Trinajstić information content (AvgIpc) is 2.54. The number of carbonyl (C=O) groups is 3. The van der Waals surface area contributed by atoms with Crippen LogP contribution in [0.2, 0.25) is 0 Å². The van der Waals surface area contributed by atoms with Gasteiger partial charge in [0.15, 0.2) is 0 Å². The summed E-state index contributed by atoms with van der Waals surface area (Å²) in [6.45, 7) is 5.12. The third-order valence-corrected chi connectivity index (χ3v) is 4.32. The minimum atomic E-state index is -0.982. The molecule has 0 aromatic heterocycles.